The van der Waals surface area contributed by atoms with Gasteiger partial charge in [-0.3, -0.25) is 4.55 Å². The van der Waals surface area contributed by atoms with Crippen molar-refractivity contribution >= 4 is 29.3 Å². The van der Waals surface area contributed by atoms with Crippen LogP contribution >= 0.6 is 0 Å². The van der Waals surface area contributed by atoms with E-state index >= 15 is 0 Å². The third-order valence-corrected chi connectivity index (χ3v) is 0.942. The number of hydrogen-bond acceptors (Lipinski definition) is 3. The summed E-state index contributed by atoms with van der Waals surface area (Å²) in [5.41, 5.74) is 0. The van der Waals surface area contributed by atoms with Crippen LogP contribution < -0.4 is 0 Å². The van der Waals surface area contributed by atoms with Gasteiger partial charge in [0.2, 0.25) is 0 Å². The summed E-state index contributed by atoms with van der Waals surface area (Å²) in [4.78, 5) is 0. The molecular formula is C3H9LiO4S. The Morgan fingerprint density at radius 2 is 1.78 bits per heavy atom. The fraction of sp³-hybridized carbons (Fsp3) is 1.00. The predicted octanol–water partition coefficient (Wildman–Crippen LogP) is -0.434. The maximum atomic E-state index is 9.78. The first-order valence-electron chi connectivity index (χ1n) is 2.07. The zero-order chi connectivity index (χ0) is 6.78. The van der Waals surface area contributed by atoms with E-state index in [4.69, 9.17) is 4.55 Å². The molecule has 9 heavy (non-hydrogen) atoms. The fourth-order valence-corrected chi connectivity index (χ4v) is 0.730. The molecule has 1 N–H and O–H groups in total. The predicted molar refractivity (Wildman–Crippen MR) is 34.9 cm³/mol. The molecule has 4 nitrogen and oxygen atoms in total. The van der Waals surface area contributed by atoms with E-state index < -0.39 is 16.5 Å². The maximum absolute atomic E-state index is 9.78. The van der Waals surface area contributed by atoms with Crippen LogP contribution in [-0.2, 0) is 14.6 Å². The van der Waals surface area contributed by atoms with E-state index in [1.54, 1.807) is 0 Å². The van der Waals surface area contributed by atoms with Gasteiger partial charge in [-0.25, -0.2) is 4.18 Å². The molecule has 0 aromatic carbocycles. The summed E-state index contributed by atoms with van der Waals surface area (Å²) in [5, 5.41) is 0. The summed E-state index contributed by atoms with van der Waals surface area (Å²) < 4.78 is 31.5. The monoisotopic (exact) mass is 148 g/mol. The molecule has 0 saturated heterocycles. The molecule has 0 saturated carbocycles. The average Bonchev–Trinajstić information content (AvgIpc) is 1.21. The van der Waals surface area contributed by atoms with Crippen LogP contribution in [0.1, 0.15) is 13.8 Å². The Labute approximate surface area is 66.7 Å². The number of hydrogen-bond donors (Lipinski definition) is 1. The molecule has 0 aliphatic rings. The van der Waals surface area contributed by atoms with Crippen molar-refractivity contribution in [3.8, 4) is 0 Å². The average molecular weight is 148 g/mol. The van der Waals surface area contributed by atoms with Crippen molar-refractivity contribution in [2.45, 2.75) is 20.0 Å². The van der Waals surface area contributed by atoms with Gasteiger partial charge in [-0.15, -0.1) is 0 Å². The molecule has 0 aromatic rings. The van der Waals surface area contributed by atoms with Crippen LogP contribution in [0.2, 0.25) is 0 Å². The minimum atomic E-state index is -4.22. The van der Waals surface area contributed by atoms with Gasteiger partial charge >= 0.3 is 29.3 Å². The Morgan fingerprint density at radius 1 is 1.44 bits per heavy atom. The second-order valence-corrected chi connectivity index (χ2v) is 2.62. The van der Waals surface area contributed by atoms with Gasteiger partial charge in [0.1, 0.15) is 0 Å². The Hall–Kier alpha value is 0.467. The van der Waals surface area contributed by atoms with E-state index in [2.05, 4.69) is 4.18 Å². The molecule has 0 aromatic heterocycles. The first-order chi connectivity index (χ1) is 3.42. The van der Waals surface area contributed by atoms with Crippen molar-refractivity contribution in [3.05, 3.63) is 0 Å². The third-order valence-electron chi connectivity index (χ3n) is 0.314. The number of rotatable bonds is 2. The van der Waals surface area contributed by atoms with E-state index in [-0.39, 0.29) is 18.9 Å². The van der Waals surface area contributed by atoms with Gasteiger partial charge < -0.3 is 0 Å². The molecule has 0 fully saturated rings. The molecule has 0 rings (SSSR count). The van der Waals surface area contributed by atoms with E-state index in [9.17, 15) is 8.42 Å². The molecule has 0 atom stereocenters. The normalized spacial score (nSPS) is 11.1. The molecular weight excluding hydrogens is 139 g/mol. The Bertz CT molecular complexity index is 149. The SMILES string of the molecule is CC(C)OS(=O)(=O)O.[LiH]. The van der Waals surface area contributed by atoms with Crippen LogP contribution in [0.3, 0.4) is 0 Å². The Kier molecular flexibility index (Phi) is 5.83. The third kappa shape index (κ3) is 11.8. The van der Waals surface area contributed by atoms with Crippen molar-refractivity contribution < 1.29 is 17.2 Å². The molecule has 0 radical (unpaired) electrons. The summed E-state index contributed by atoms with van der Waals surface area (Å²) in [5.74, 6) is 0. The second-order valence-electron chi connectivity index (χ2n) is 1.57. The molecule has 6 heteroatoms. The van der Waals surface area contributed by atoms with Gasteiger partial charge in [0, 0.05) is 0 Å². The first kappa shape index (κ1) is 12.2. The summed E-state index contributed by atoms with van der Waals surface area (Å²) in [6.07, 6.45) is -0.495. The van der Waals surface area contributed by atoms with Gasteiger partial charge in [0.25, 0.3) is 0 Å². The zero-order valence-corrected chi connectivity index (χ0v) is 5.47. The van der Waals surface area contributed by atoms with Crippen LogP contribution in [0.25, 0.3) is 0 Å². The molecule has 52 valence electrons. The summed E-state index contributed by atoms with van der Waals surface area (Å²) in [6, 6.07) is 0. The Balaban J connectivity index is 0. The van der Waals surface area contributed by atoms with Gasteiger partial charge in [-0.2, -0.15) is 8.42 Å². The molecule has 0 heterocycles. The van der Waals surface area contributed by atoms with Crippen molar-refractivity contribution in [2.75, 3.05) is 0 Å². The van der Waals surface area contributed by atoms with Gasteiger partial charge in [0.15, 0.2) is 0 Å². The van der Waals surface area contributed by atoms with Crippen molar-refractivity contribution in [1.29, 1.82) is 0 Å². The van der Waals surface area contributed by atoms with Crippen LogP contribution in [0.4, 0.5) is 0 Å². The van der Waals surface area contributed by atoms with Crippen molar-refractivity contribution in [2.24, 2.45) is 0 Å². The second kappa shape index (κ2) is 4.31. The topological polar surface area (TPSA) is 63.6 Å². The van der Waals surface area contributed by atoms with E-state index in [1.807, 2.05) is 0 Å². The molecule has 0 aliphatic carbocycles. The Morgan fingerprint density at radius 3 is 1.78 bits per heavy atom. The summed E-state index contributed by atoms with van der Waals surface area (Å²) in [7, 11) is -4.22. The summed E-state index contributed by atoms with van der Waals surface area (Å²) >= 11 is 0. The summed E-state index contributed by atoms with van der Waals surface area (Å²) in [6.45, 7) is 3.02. The zero-order valence-electron chi connectivity index (χ0n) is 4.66. The molecule has 0 unspecified atom stereocenters. The van der Waals surface area contributed by atoms with Crippen LogP contribution in [0.15, 0.2) is 0 Å². The van der Waals surface area contributed by atoms with E-state index in [0.717, 1.165) is 0 Å². The van der Waals surface area contributed by atoms with Gasteiger partial charge in [-0.1, -0.05) is 0 Å². The molecule has 0 aliphatic heterocycles. The van der Waals surface area contributed by atoms with Crippen LogP contribution in [0, 0.1) is 0 Å². The molecule has 0 spiro atoms. The van der Waals surface area contributed by atoms with E-state index in [1.165, 1.54) is 13.8 Å². The standard InChI is InChI=1S/C3H8O4S.Li.H/c1-3(2)7-8(4,5)6;;/h3H,1-2H3,(H,4,5,6);;. The van der Waals surface area contributed by atoms with Crippen molar-refractivity contribution in [3.63, 3.8) is 0 Å². The molecule has 0 amide bonds. The van der Waals surface area contributed by atoms with Gasteiger partial charge in [0.05, 0.1) is 6.10 Å². The van der Waals surface area contributed by atoms with E-state index in [0.29, 0.717) is 0 Å². The fourth-order valence-electron chi connectivity index (χ4n) is 0.243. The first-order valence-corrected chi connectivity index (χ1v) is 3.44. The van der Waals surface area contributed by atoms with Crippen LogP contribution in [0.5, 0.6) is 0 Å². The molecule has 0 bridgehead atoms. The van der Waals surface area contributed by atoms with Gasteiger partial charge in [-0.05, 0) is 13.8 Å². The minimum absolute atomic E-state index is 0. The quantitative estimate of drug-likeness (QED) is 0.426. The van der Waals surface area contributed by atoms with Crippen LogP contribution in [-0.4, -0.2) is 37.9 Å². The van der Waals surface area contributed by atoms with Crippen molar-refractivity contribution in [1.82, 2.24) is 0 Å².